The first-order chi connectivity index (χ1) is 16.4. The topological polar surface area (TPSA) is 0 Å². The Kier molecular flexibility index (Phi) is 17.8. The molecule has 0 saturated carbocycles. The number of hydrogen-bond acceptors (Lipinski definition) is 0. The van der Waals surface area contributed by atoms with E-state index in [1.54, 1.807) is 7.02 Å². The monoisotopic (exact) mass is 556 g/mol. The van der Waals surface area contributed by atoms with Crippen LogP contribution in [0.2, 0.25) is 4.37 Å². The van der Waals surface area contributed by atoms with Crippen molar-refractivity contribution in [1.82, 2.24) is 0 Å². The molecule has 0 aliphatic heterocycles. The Morgan fingerprint density at radius 3 is 1.03 bits per heavy atom. The first-order valence-electron chi connectivity index (χ1n) is 14.3. The van der Waals surface area contributed by atoms with Gasteiger partial charge in [0.15, 0.2) is 0 Å². The minimum absolute atomic E-state index is 1.37. The molecule has 2 aromatic rings. The molecular weight excluding hydrogens is 506 g/mol. The van der Waals surface area contributed by atoms with Gasteiger partial charge in [-0.2, -0.15) is 0 Å². The Hall–Kier alpha value is -0.742. The molecule has 0 fully saturated rings. The van der Waals surface area contributed by atoms with Crippen LogP contribution >= 0.6 is 0 Å². The first-order valence-corrected chi connectivity index (χ1v) is 18.6. The van der Waals surface area contributed by atoms with Crippen LogP contribution in [0.3, 0.4) is 0 Å². The van der Waals surface area contributed by atoms with E-state index in [1.165, 1.54) is 120 Å². The summed E-state index contributed by atoms with van der Waals surface area (Å²) >= 11 is -1.56. The van der Waals surface area contributed by atoms with Crippen molar-refractivity contribution < 1.29 is 0 Å². The normalized spacial score (nSPS) is 11.3. The number of hydrogen-bond donors (Lipinski definition) is 0. The van der Waals surface area contributed by atoms with E-state index in [4.69, 9.17) is 0 Å². The molecule has 0 unspecified atom stereocenters. The summed E-state index contributed by atoms with van der Waals surface area (Å²) in [4.78, 5) is 0. The summed E-state index contributed by atoms with van der Waals surface area (Å²) in [6, 6.07) is 22.7. The number of unbranched alkanes of at least 4 members (excludes halogenated alkanes) is 17. The van der Waals surface area contributed by atoms with Crippen LogP contribution in [0.25, 0.3) is 0 Å². The van der Waals surface area contributed by atoms with Crippen LogP contribution in [0.1, 0.15) is 122 Å². The average Bonchev–Trinajstić information content (AvgIpc) is 2.86. The minimum atomic E-state index is -1.56. The molecule has 0 atom stereocenters. The van der Waals surface area contributed by atoms with Gasteiger partial charge in [0.25, 0.3) is 0 Å². The van der Waals surface area contributed by atoms with E-state index in [0.29, 0.717) is 0 Å². The number of benzene rings is 2. The van der Waals surface area contributed by atoms with Gasteiger partial charge in [0.05, 0.1) is 0 Å². The molecule has 2 rings (SSSR count). The summed E-state index contributed by atoms with van der Waals surface area (Å²) in [5.74, 6) is 0. The van der Waals surface area contributed by atoms with Crippen molar-refractivity contribution in [3.8, 4) is 0 Å². The Labute approximate surface area is 213 Å². The van der Waals surface area contributed by atoms with Crippen molar-refractivity contribution in [2.24, 2.45) is 0 Å². The molecular formula is C32H51Sb. The number of rotatable bonds is 21. The fourth-order valence-electron chi connectivity index (χ4n) is 4.79. The van der Waals surface area contributed by atoms with Gasteiger partial charge < -0.3 is 0 Å². The van der Waals surface area contributed by atoms with E-state index in [9.17, 15) is 0 Å². The third-order valence-electron chi connectivity index (χ3n) is 6.87. The van der Waals surface area contributed by atoms with Gasteiger partial charge in [0.1, 0.15) is 0 Å². The molecule has 0 spiro atoms. The van der Waals surface area contributed by atoms with Gasteiger partial charge in [0.2, 0.25) is 0 Å². The van der Waals surface area contributed by atoms with E-state index in [0.717, 1.165) is 0 Å². The van der Waals surface area contributed by atoms with E-state index >= 15 is 0 Å². The second kappa shape index (κ2) is 20.6. The predicted molar refractivity (Wildman–Crippen MR) is 151 cm³/mol. The molecule has 184 valence electrons. The zero-order chi connectivity index (χ0) is 23.2. The van der Waals surface area contributed by atoms with Gasteiger partial charge >= 0.3 is 163 Å². The fourth-order valence-corrected chi connectivity index (χ4v) is 11.7. The van der Waals surface area contributed by atoms with Crippen molar-refractivity contribution in [2.75, 3.05) is 0 Å². The average molecular weight is 558 g/mol. The van der Waals surface area contributed by atoms with E-state index in [1.807, 2.05) is 0 Å². The maximum atomic E-state index is 2.38. The van der Waals surface area contributed by atoms with Crippen LogP contribution in [0.15, 0.2) is 60.7 Å². The Balaban J connectivity index is 1.41. The van der Waals surface area contributed by atoms with Crippen LogP contribution in [0.4, 0.5) is 0 Å². The second-order valence-electron chi connectivity index (χ2n) is 9.83. The molecule has 0 nitrogen and oxygen atoms in total. The van der Waals surface area contributed by atoms with Crippen molar-refractivity contribution >= 4 is 27.2 Å². The zero-order valence-electron chi connectivity index (χ0n) is 21.7. The Bertz CT molecular complexity index is 611. The maximum absolute atomic E-state index is 2.38. The standard InChI is InChI=1S/C20H41.2C6H5.Sb/c1-3-5-7-9-11-13-15-17-19-20-18-16-14-12-10-8-6-4-2;2*1-2-4-6-5-3-1;/h1,3-20H2,2H3;2*1-5H;. The van der Waals surface area contributed by atoms with Crippen LogP contribution < -0.4 is 7.02 Å². The Morgan fingerprint density at radius 2 is 0.697 bits per heavy atom. The third kappa shape index (κ3) is 14.3. The summed E-state index contributed by atoms with van der Waals surface area (Å²) in [6.07, 6.45) is 26.2. The van der Waals surface area contributed by atoms with Crippen molar-refractivity contribution in [3.63, 3.8) is 0 Å². The molecule has 0 aliphatic carbocycles. The molecule has 0 radical (unpaired) electrons. The van der Waals surface area contributed by atoms with Crippen molar-refractivity contribution in [1.29, 1.82) is 0 Å². The molecule has 2 aromatic carbocycles. The molecule has 0 bridgehead atoms. The van der Waals surface area contributed by atoms with Crippen LogP contribution in [-0.2, 0) is 0 Å². The van der Waals surface area contributed by atoms with Gasteiger partial charge in [-0.1, -0.05) is 51.9 Å². The first kappa shape index (κ1) is 28.5. The predicted octanol–water partition coefficient (Wildman–Crippen LogP) is 9.34. The van der Waals surface area contributed by atoms with E-state index in [-0.39, 0.29) is 0 Å². The molecule has 0 saturated heterocycles. The SMILES string of the molecule is CCCCCCCCCCCCCCCCCCC[CH2][Sb]([c]1ccccc1)[c]1ccccc1. The molecule has 0 N–H and O–H groups in total. The molecule has 33 heavy (non-hydrogen) atoms. The summed E-state index contributed by atoms with van der Waals surface area (Å²) < 4.78 is 4.76. The molecule has 0 amide bonds. The second-order valence-corrected chi connectivity index (χ2v) is 16.5. The van der Waals surface area contributed by atoms with Crippen LogP contribution in [0, 0.1) is 0 Å². The molecule has 0 heterocycles. The van der Waals surface area contributed by atoms with Crippen LogP contribution in [-0.4, -0.2) is 20.2 Å². The van der Waals surface area contributed by atoms with E-state index in [2.05, 4.69) is 67.6 Å². The third-order valence-corrected chi connectivity index (χ3v) is 14.3. The van der Waals surface area contributed by atoms with Gasteiger partial charge in [-0.15, -0.1) is 0 Å². The zero-order valence-corrected chi connectivity index (χ0v) is 24.2. The summed E-state index contributed by atoms with van der Waals surface area (Å²) in [6.45, 7) is 2.30. The summed E-state index contributed by atoms with van der Waals surface area (Å²) in [7, 11) is 0. The van der Waals surface area contributed by atoms with E-state index < -0.39 is 20.2 Å². The van der Waals surface area contributed by atoms with Crippen molar-refractivity contribution in [3.05, 3.63) is 60.7 Å². The van der Waals surface area contributed by atoms with Gasteiger partial charge in [0, 0.05) is 0 Å². The van der Waals surface area contributed by atoms with Gasteiger partial charge in [-0.25, -0.2) is 0 Å². The molecule has 0 aromatic heterocycles. The summed E-state index contributed by atoms with van der Waals surface area (Å²) in [5, 5.41) is 0. The molecule has 1 heteroatoms. The summed E-state index contributed by atoms with van der Waals surface area (Å²) in [5.41, 5.74) is 0. The van der Waals surface area contributed by atoms with Crippen LogP contribution in [0.5, 0.6) is 0 Å². The fraction of sp³-hybridized carbons (Fsp3) is 0.625. The van der Waals surface area contributed by atoms with Gasteiger partial charge in [-0.3, -0.25) is 0 Å². The molecule has 0 aliphatic rings. The van der Waals surface area contributed by atoms with Gasteiger partial charge in [-0.05, 0) is 0 Å². The quantitative estimate of drug-likeness (QED) is 0.106. The van der Waals surface area contributed by atoms with Crippen molar-refractivity contribution in [2.45, 2.75) is 127 Å². The Morgan fingerprint density at radius 1 is 0.394 bits per heavy atom.